The third-order valence-corrected chi connectivity index (χ3v) is 7.42. The first-order valence-corrected chi connectivity index (χ1v) is 13.1. The van der Waals surface area contributed by atoms with E-state index in [4.69, 9.17) is 0 Å². The number of hydrogen-bond donors (Lipinski definition) is 0. The summed E-state index contributed by atoms with van der Waals surface area (Å²) in [5, 5.41) is 0. The van der Waals surface area contributed by atoms with Gasteiger partial charge in [0.2, 0.25) is 0 Å². The monoisotopic (exact) mass is 487 g/mol. The van der Waals surface area contributed by atoms with Crippen molar-refractivity contribution in [1.82, 2.24) is 14.7 Å². The van der Waals surface area contributed by atoms with Crippen LogP contribution in [0.25, 0.3) is 0 Å². The minimum Gasteiger partial charge on any atom is -0.339 e. The Morgan fingerprint density at radius 2 is 1.61 bits per heavy atom. The van der Waals surface area contributed by atoms with E-state index in [0.717, 1.165) is 36.3 Å². The van der Waals surface area contributed by atoms with Gasteiger partial charge in [0.25, 0.3) is 5.91 Å². The smallest absolute Gasteiger partial charge is 0.254 e. The number of benzene rings is 3. The highest BCUT2D eigenvalue weighted by Crippen LogP contribution is 2.35. The van der Waals surface area contributed by atoms with Gasteiger partial charge < -0.3 is 4.90 Å². The highest BCUT2D eigenvalue weighted by atomic mass is 19.1. The standard InChI is InChI=1S/C31H38FN3O/c1-5-33(6-2)31(36)29-18-11-10-17-28(29)30(26-14-8-7-9-15-26)35-21-23(3)34(20-24(35)4)22-25-13-12-16-27(32)19-25/h7-19,23-24,30H,5-6,20-22H2,1-4H3/t23-,24+,30+/m0/s1. The fourth-order valence-electron chi connectivity index (χ4n) is 5.47. The molecule has 1 aliphatic heterocycles. The average molecular weight is 488 g/mol. The van der Waals surface area contributed by atoms with Crippen molar-refractivity contribution in [2.75, 3.05) is 26.2 Å². The number of nitrogens with zero attached hydrogens (tertiary/aromatic N) is 3. The minimum absolute atomic E-state index is 0.0318. The quantitative estimate of drug-likeness (QED) is 0.390. The van der Waals surface area contributed by atoms with Gasteiger partial charge >= 0.3 is 0 Å². The second-order valence-corrected chi connectivity index (χ2v) is 9.83. The molecule has 3 aromatic carbocycles. The second-order valence-electron chi connectivity index (χ2n) is 9.83. The van der Waals surface area contributed by atoms with Crippen LogP contribution < -0.4 is 0 Å². The lowest BCUT2D eigenvalue weighted by atomic mass is 9.90. The Kier molecular flexibility index (Phi) is 8.55. The predicted octanol–water partition coefficient (Wildman–Crippen LogP) is 5.99. The van der Waals surface area contributed by atoms with Crippen LogP contribution in [0.1, 0.15) is 60.8 Å². The Morgan fingerprint density at radius 3 is 2.31 bits per heavy atom. The van der Waals surface area contributed by atoms with E-state index >= 15 is 0 Å². The maximum absolute atomic E-state index is 13.8. The maximum atomic E-state index is 13.8. The first kappa shape index (κ1) is 26.1. The van der Waals surface area contributed by atoms with Crippen molar-refractivity contribution < 1.29 is 9.18 Å². The molecule has 190 valence electrons. The van der Waals surface area contributed by atoms with Crippen LogP contribution in [0.5, 0.6) is 0 Å². The molecule has 4 rings (SSSR count). The molecule has 0 aliphatic carbocycles. The molecule has 0 unspecified atom stereocenters. The van der Waals surface area contributed by atoms with E-state index in [0.29, 0.717) is 13.1 Å². The van der Waals surface area contributed by atoms with E-state index < -0.39 is 0 Å². The van der Waals surface area contributed by atoms with Gasteiger partial charge in [-0.25, -0.2) is 4.39 Å². The molecule has 1 saturated heterocycles. The van der Waals surface area contributed by atoms with Crippen molar-refractivity contribution in [3.63, 3.8) is 0 Å². The normalized spacial score (nSPS) is 19.7. The molecule has 5 heteroatoms. The highest BCUT2D eigenvalue weighted by molar-refractivity contribution is 5.96. The number of halogens is 1. The van der Waals surface area contributed by atoms with Crippen LogP contribution in [0.4, 0.5) is 4.39 Å². The van der Waals surface area contributed by atoms with Gasteiger partial charge in [-0.2, -0.15) is 0 Å². The summed E-state index contributed by atoms with van der Waals surface area (Å²) in [4.78, 5) is 20.4. The van der Waals surface area contributed by atoms with Crippen molar-refractivity contribution in [2.45, 2.75) is 52.4 Å². The molecular weight excluding hydrogens is 449 g/mol. The van der Waals surface area contributed by atoms with Gasteiger partial charge in [-0.3, -0.25) is 14.6 Å². The zero-order chi connectivity index (χ0) is 25.7. The number of rotatable bonds is 8. The van der Waals surface area contributed by atoms with Crippen LogP contribution in [0.3, 0.4) is 0 Å². The predicted molar refractivity (Wildman–Crippen MR) is 144 cm³/mol. The van der Waals surface area contributed by atoms with Gasteiger partial charge in [0.1, 0.15) is 5.82 Å². The molecule has 3 atom stereocenters. The molecule has 1 amide bonds. The maximum Gasteiger partial charge on any atom is 0.254 e. The first-order valence-electron chi connectivity index (χ1n) is 13.1. The summed E-state index contributed by atoms with van der Waals surface area (Å²) in [5.41, 5.74) is 4.02. The van der Waals surface area contributed by atoms with E-state index in [-0.39, 0.29) is 29.8 Å². The van der Waals surface area contributed by atoms with Crippen LogP contribution in [-0.4, -0.2) is 58.9 Å². The van der Waals surface area contributed by atoms with Crippen LogP contribution in [0, 0.1) is 5.82 Å². The minimum atomic E-state index is -0.189. The Morgan fingerprint density at radius 1 is 0.917 bits per heavy atom. The summed E-state index contributed by atoms with van der Waals surface area (Å²) in [6.07, 6.45) is 0. The molecule has 0 bridgehead atoms. The molecule has 0 aromatic heterocycles. The van der Waals surface area contributed by atoms with Crippen LogP contribution in [0.15, 0.2) is 78.9 Å². The Balaban J connectivity index is 1.68. The summed E-state index contributed by atoms with van der Waals surface area (Å²) in [6.45, 7) is 12.4. The Bertz CT molecular complexity index is 1150. The summed E-state index contributed by atoms with van der Waals surface area (Å²) >= 11 is 0. The van der Waals surface area contributed by atoms with E-state index in [1.54, 1.807) is 12.1 Å². The van der Waals surface area contributed by atoms with Crippen molar-refractivity contribution in [3.05, 3.63) is 107 Å². The first-order chi connectivity index (χ1) is 17.4. The van der Waals surface area contributed by atoms with Crippen molar-refractivity contribution in [1.29, 1.82) is 0 Å². The molecule has 1 fully saturated rings. The molecule has 0 spiro atoms. The number of carbonyl (C=O) groups excluding carboxylic acids is 1. The molecule has 0 radical (unpaired) electrons. The zero-order valence-electron chi connectivity index (χ0n) is 21.9. The number of amides is 1. The van der Waals surface area contributed by atoms with E-state index in [9.17, 15) is 9.18 Å². The van der Waals surface area contributed by atoms with E-state index in [1.165, 1.54) is 11.6 Å². The lowest BCUT2D eigenvalue weighted by Crippen LogP contribution is -2.57. The summed E-state index contributed by atoms with van der Waals surface area (Å²) < 4.78 is 13.8. The van der Waals surface area contributed by atoms with Crippen LogP contribution in [-0.2, 0) is 6.54 Å². The van der Waals surface area contributed by atoms with Crippen molar-refractivity contribution in [3.8, 4) is 0 Å². The van der Waals surface area contributed by atoms with E-state index in [2.05, 4.69) is 54.0 Å². The second kappa shape index (κ2) is 11.8. The fourth-order valence-corrected chi connectivity index (χ4v) is 5.47. The van der Waals surface area contributed by atoms with Gasteiger partial charge in [0.05, 0.1) is 6.04 Å². The van der Waals surface area contributed by atoms with E-state index in [1.807, 2.05) is 49.1 Å². The van der Waals surface area contributed by atoms with Gasteiger partial charge in [-0.1, -0.05) is 60.7 Å². The average Bonchev–Trinajstić information content (AvgIpc) is 2.88. The molecule has 0 saturated carbocycles. The largest absolute Gasteiger partial charge is 0.339 e. The molecule has 4 nitrogen and oxygen atoms in total. The number of carbonyl (C=O) groups is 1. The topological polar surface area (TPSA) is 26.8 Å². The number of piperazine rings is 1. The Labute approximate surface area is 215 Å². The molecule has 1 aliphatic rings. The third-order valence-electron chi connectivity index (χ3n) is 7.42. The van der Waals surface area contributed by atoms with Gasteiger partial charge in [0.15, 0.2) is 0 Å². The highest BCUT2D eigenvalue weighted by Gasteiger charge is 2.36. The number of hydrogen-bond acceptors (Lipinski definition) is 3. The van der Waals surface area contributed by atoms with Crippen LogP contribution >= 0.6 is 0 Å². The Hall–Kier alpha value is -3.02. The molecule has 3 aromatic rings. The lowest BCUT2D eigenvalue weighted by Gasteiger charge is -2.48. The summed E-state index contributed by atoms with van der Waals surface area (Å²) in [5.74, 6) is -0.104. The van der Waals surface area contributed by atoms with Crippen molar-refractivity contribution in [2.24, 2.45) is 0 Å². The molecule has 1 heterocycles. The fraction of sp³-hybridized carbons (Fsp3) is 0.387. The third kappa shape index (κ3) is 5.69. The van der Waals surface area contributed by atoms with Gasteiger partial charge in [-0.05, 0) is 62.6 Å². The molecule has 36 heavy (non-hydrogen) atoms. The SMILES string of the molecule is CCN(CC)C(=O)c1ccccc1[C@@H](c1ccccc1)N1C[C@H](C)N(Cc2cccc(F)c2)C[C@H]1C. The van der Waals surface area contributed by atoms with Gasteiger partial charge in [0, 0.05) is 50.4 Å². The van der Waals surface area contributed by atoms with Gasteiger partial charge in [-0.15, -0.1) is 0 Å². The summed E-state index contributed by atoms with van der Waals surface area (Å²) in [6, 6.07) is 26.0. The summed E-state index contributed by atoms with van der Waals surface area (Å²) in [7, 11) is 0. The van der Waals surface area contributed by atoms with Crippen molar-refractivity contribution >= 4 is 5.91 Å². The molecular formula is C31H38FN3O. The molecule has 0 N–H and O–H groups in total. The zero-order valence-corrected chi connectivity index (χ0v) is 21.9. The lowest BCUT2D eigenvalue weighted by molar-refractivity contribution is 0.0192. The van der Waals surface area contributed by atoms with Crippen LogP contribution in [0.2, 0.25) is 0 Å².